The molecule has 1 amide bonds. The summed E-state index contributed by atoms with van der Waals surface area (Å²) in [5.74, 6) is 0.233. The molecular formula is C14H26N2O3. The van der Waals surface area contributed by atoms with E-state index < -0.39 is 0 Å². The van der Waals surface area contributed by atoms with Gasteiger partial charge in [-0.05, 0) is 6.42 Å². The molecule has 1 atom stereocenters. The zero-order valence-electron chi connectivity index (χ0n) is 12.4. The minimum absolute atomic E-state index is 0.131. The first kappa shape index (κ1) is 16.0. The SMILES string of the molecule is CCCC(C)C(=O)N1CCN(CCC(=O)OC)CC1. The zero-order valence-corrected chi connectivity index (χ0v) is 12.4. The number of nitrogens with zero attached hydrogens (tertiary/aromatic N) is 2. The van der Waals surface area contributed by atoms with Crippen molar-refractivity contribution in [3.63, 3.8) is 0 Å². The van der Waals surface area contributed by atoms with Gasteiger partial charge >= 0.3 is 5.97 Å². The van der Waals surface area contributed by atoms with Crippen LogP contribution in [0.25, 0.3) is 0 Å². The van der Waals surface area contributed by atoms with Crippen molar-refractivity contribution in [3.05, 3.63) is 0 Å². The van der Waals surface area contributed by atoms with E-state index >= 15 is 0 Å². The molecule has 1 aliphatic heterocycles. The van der Waals surface area contributed by atoms with Crippen LogP contribution in [0.2, 0.25) is 0 Å². The summed E-state index contributed by atoms with van der Waals surface area (Å²) in [5.41, 5.74) is 0. The molecule has 0 aromatic carbocycles. The molecule has 110 valence electrons. The maximum atomic E-state index is 12.1. The molecule has 5 nitrogen and oxygen atoms in total. The van der Waals surface area contributed by atoms with Crippen LogP contribution < -0.4 is 0 Å². The summed E-state index contributed by atoms with van der Waals surface area (Å²) in [6.45, 7) is 8.08. The number of ether oxygens (including phenoxy) is 1. The van der Waals surface area contributed by atoms with Gasteiger partial charge < -0.3 is 9.64 Å². The van der Waals surface area contributed by atoms with Crippen LogP contribution in [-0.2, 0) is 14.3 Å². The molecule has 19 heavy (non-hydrogen) atoms. The molecule has 0 bridgehead atoms. The van der Waals surface area contributed by atoms with Crippen molar-refractivity contribution in [2.24, 2.45) is 5.92 Å². The van der Waals surface area contributed by atoms with Crippen molar-refractivity contribution in [1.29, 1.82) is 0 Å². The molecule has 1 saturated heterocycles. The molecule has 0 saturated carbocycles. The summed E-state index contributed by atoms with van der Waals surface area (Å²) >= 11 is 0. The molecule has 0 aromatic heterocycles. The van der Waals surface area contributed by atoms with Gasteiger partial charge in [0.05, 0.1) is 13.5 Å². The molecule has 0 aromatic rings. The fraction of sp³-hybridized carbons (Fsp3) is 0.857. The number of carbonyl (C=O) groups is 2. The molecule has 0 radical (unpaired) electrons. The molecule has 0 spiro atoms. The van der Waals surface area contributed by atoms with E-state index in [1.165, 1.54) is 7.11 Å². The number of rotatable bonds is 6. The molecule has 0 aliphatic carbocycles. The number of methoxy groups -OCH3 is 1. The summed E-state index contributed by atoms with van der Waals surface area (Å²) in [6.07, 6.45) is 2.43. The van der Waals surface area contributed by atoms with Gasteiger partial charge in [0, 0.05) is 38.6 Å². The summed E-state index contributed by atoms with van der Waals surface area (Å²) < 4.78 is 4.63. The van der Waals surface area contributed by atoms with Gasteiger partial charge in [-0.15, -0.1) is 0 Å². The number of hydrogen-bond acceptors (Lipinski definition) is 4. The first-order chi connectivity index (χ1) is 9.08. The van der Waals surface area contributed by atoms with Crippen molar-refractivity contribution in [2.75, 3.05) is 39.8 Å². The second kappa shape index (κ2) is 8.15. The van der Waals surface area contributed by atoms with Gasteiger partial charge in [0.1, 0.15) is 0 Å². The molecule has 1 rings (SSSR count). The van der Waals surface area contributed by atoms with Crippen LogP contribution in [0.5, 0.6) is 0 Å². The molecule has 1 heterocycles. The zero-order chi connectivity index (χ0) is 14.3. The predicted molar refractivity (Wildman–Crippen MR) is 73.7 cm³/mol. The second-order valence-electron chi connectivity index (χ2n) is 5.18. The minimum atomic E-state index is -0.171. The summed E-state index contributed by atoms with van der Waals surface area (Å²) in [5, 5.41) is 0. The summed E-state index contributed by atoms with van der Waals surface area (Å²) in [7, 11) is 1.41. The van der Waals surface area contributed by atoms with E-state index in [9.17, 15) is 9.59 Å². The van der Waals surface area contributed by atoms with E-state index in [0.29, 0.717) is 6.42 Å². The Morgan fingerprint density at radius 2 is 1.84 bits per heavy atom. The highest BCUT2D eigenvalue weighted by Gasteiger charge is 2.24. The molecule has 5 heteroatoms. The van der Waals surface area contributed by atoms with E-state index in [-0.39, 0.29) is 17.8 Å². The Kier molecular flexibility index (Phi) is 6.84. The Labute approximate surface area is 115 Å². The van der Waals surface area contributed by atoms with Gasteiger partial charge in [-0.1, -0.05) is 20.3 Å². The minimum Gasteiger partial charge on any atom is -0.469 e. The number of carbonyl (C=O) groups excluding carboxylic acids is 2. The lowest BCUT2D eigenvalue weighted by atomic mass is 10.0. The van der Waals surface area contributed by atoms with Crippen LogP contribution >= 0.6 is 0 Å². The van der Waals surface area contributed by atoms with E-state index in [1.807, 2.05) is 11.8 Å². The largest absolute Gasteiger partial charge is 0.469 e. The smallest absolute Gasteiger partial charge is 0.306 e. The fourth-order valence-corrected chi connectivity index (χ4v) is 2.41. The number of hydrogen-bond donors (Lipinski definition) is 0. The third kappa shape index (κ3) is 5.19. The van der Waals surface area contributed by atoms with Gasteiger partial charge in [-0.2, -0.15) is 0 Å². The summed E-state index contributed by atoms with van der Waals surface area (Å²) in [6, 6.07) is 0. The van der Waals surface area contributed by atoms with E-state index in [0.717, 1.165) is 45.6 Å². The van der Waals surface area contributed by atoms with Crippen LogP contribution in [0.4, 0.5) is 0 Å². The number of esters is 1. The standard InChI is InChI=1S/C14H26N2O3/c1-4-5-12(2)14(18)16-10-8-15(9-11-16)7-6-13(17)19-3/h12H,4-11H2,1-3H3. The number of piperazine rings is 1. The molecule has 1 aliphatic rings. The number of amides is 1. The Morgan fingerprint density at radius 1 is 1.21 bits per heavy atom. The van der Waals surface area contributed by atoms with Gasteiger partial charge in [-0.3, -0.25) is 14.5 Å². The van der Waals surface area contributed by atoms with Gasteiger partial charge in [0.25, 0.3) is 0 Å². The maximum Gasteiger partial charge on any atom is 0.306 e. The van der Waals surface area contributed by atoms with E-state index in [2.05, 4.69) is 16.6 Å². The van der Waals surface area contributed by atoms with Gasteiger partial charge in [0.2, 0.25) is 5.91 Å². The topological polar surface area (TPSA) is 49.9 Å². The second-order valence-corrected chi connectivity index (χ2v) is 5.18. The first-order valence-corrected chi connectivity index (χ1v) is 7.16. The fourth-order valence-electron chi connectivity index (χ4n) is 2.41. The quantitative estimate of drug-likeness (QED) is 0.679. The first-order valence-electron chi connectivity index (χ1n) is 7.16. The monoisotopic (exact) mass is 270 g/mol. The van der Waals surface area contributed by atoms with Crippen LogP contribution in [-0.4, -0.2) is 61.5 Å². The summed E-state index contributed by atoms with van der Waals surface area (Å²) in [4.78, 5) is 27.4. The lowest BCUT2D eigenvalue weighted by Crippen LogP contribution is -2.50. The Morgan fingerprint density at radius 3 is 2.37 bits per heavy atom. The van der Waals surface area contributed by atoms with E-state index in [4.69, 9.17) is 0 Å². The van der Waals surface area contributed by atoms with Crippen molar-refractivity contribution >= 4 is 11.9 Å². The van der Waals surface area contributed by atoms with Crippen LogP contribution in [0, 0.1) is 5.92 Å². The molecular weight excluding hydrogens is 244 g/mol. The average Bonchev–Trinajstić information content (AvgIpc) is 2.44. The van der Waals surface area contributed by atoms with E-state index in [1.54, 1.807) is 0 Å². The Bertz CT molecular complexity index is 299. The Balaban J connectivity index is 2.28. The molecule has 1 unspecified atom stereocenters. The molecule has 1 fully saturated rings. The average molecular weight is 270 g/mol. The van der Waals surface area contributed by atoms with Gasteiger partial charge in [-0.25, -0.2) is 0 Å². The maximum absolute atomic E-state index is 12.1. The normalized spacial score (nSPS) is 18.2. The molecule has 0 N–H and O–H groups in total. The van der Waals surface area contributed by atoms with Crippen LogP contribution in [0.3, 0.4) is 0 Å². The highest BCUT2D eigenvalue weighted by molar-refractivity contribution is 5.78. The highest BCUT2D eigenvalue weighted by atomic mass is 16.5. The lowest BCUT2D eigenvalue weighted by Gasteiger charge is -2.35. The third-order valence-electron chi connectivity index (χ3n) is 3.69. The van der Waals surface area contributed by atoms with Crippen LogP contribution in [0.15, 0.2) is 0 Å². The predicted octanol–water partition coefficient (Wildman–Crippen LogP) is 1.13. The Hall–Kier alpha value is -1.10. The van der Waals surface area contributed by atoms with Crippen molar-refractivity contribution < 1.29 is 14.3 Å². The van der Waals surface area contributed by atoms with Crippen molar-refractivity contribution in [3.8, 4) is 0 Å². The van der Waals surface area contributed by atoms with Crippen molar-refractivity contribution in [2.45, 2.75) is 33.1 Å². The van der Waals surface area contributed by atoms with Gasteiger partial charge in [0.15, 0.2) is 0 Å². The third-order valence-corrected chi connectivity index (χ3v) is 3.69. The lowest BCUT2D eigenvalue weighted by molar-refractivity contribution is -0.142. The highest BCUT2D eigenvalue weighted by Crippen LogP contribution is 2.12. The van der Waals surface area contributed by atoms with Crippen molar-refractivity contribution in [1.82, 2.24) is 9.80 Å². The van der Waals surface area contributed by atoms with Crippen LogP contribution in [0.1, 0.15) is 33.1 Å².